The largest absolute Gasteiger partial charge is 0.381 e. The Morgan fingerprint density at radius 1 is 0.969 bits per heavy atom. The van der Waals surface area contributed by atoms with Gasteiger partial charge in [0.05, 0.1) is 11.4 Å². The molecule has 0 N–H and O–H groups in total. The van der Waals surface area contributed by atoms with Crippen molar-refractivity contribution in [2.24, 2.45) is 5.92 Å². The molecule has 3 aliphatic heterocycles. The Labute approximate surface area is 191 Å². The number of hydrogen-bond acceptors (Lipinski definition) is 5. The van der Waals surface area contributed by atoms with Gasteiger partial charge < -0.3 is 19.4 Å². The molecule has 0 radical (unpaired) electrons. The topological polar surface area (TPSA) is 48.9 Å². The molecule has 170 valence electrons. The van der Waals surface area contributed by atoms with Gasteiger partial charge in [0, 0.05) is 70.2 Å². The predicted molar refractivity (Wildman–Crippen MR) is 127 cm³/mol. The third-order valence-electron chi connectivity index (χ3n) is 7.36. The van der Waals surface area contributed by atoms with Crippen LogP contribution in [0.1, 0.15) is 36.4 Å². The van der Waals surface area contributed by atoms with Crippen molar-refractivity contribution >= 4 is 17.3 Å². The van der Waals surface area contributed by atoms with Crippen molar-refractivity contribution in [2.75, 3.05) is 62.8 Å². The first-order valence-corrected chi connectivity index (χ1v) is 12.1. The highest BCUT2D eigenvalue weighted by Crippen LogP contribution is 2.32. The monoisotopic (exact) mass is 434 g/mol. The molecule has 3 saturated heterocycles. The normalized spacial score (nSPS) is 23.2. The van der Waals surface area contributed by atoms with Crippen molar-refractivity contribution in [2.45, 2.75) is 31.6 Å². The van der Waals surface area contributed by atoms with Crippen molar-refractivity contribution in [3.05, 3.63) is 53.9 Å². The van der Waals surface area contributed by atoms with E-state index in [0.717, 1.165) is 83.0 Å². The maximum atomic E-state index is 13.3. The lowest BCUT2D eigenvalue weighted by molar-refractivity contribution is -0.120. The molecular weight excluding hydrogens is 400 g/mol. The molecule has 0 aliphatic carbocycles. The van der Waals surface area contributed by atoms with Crippen LogP contribution < -0.4 is 9.80 Å². The van der Waals surface area contributed by atoms with E-state index in [0.29, 0.717) is 5.92 Å². The van der Waals surface area contributed by atoms with Crippen molar-refractivity contribution in [1.82, 2.24) is 9.88 Å². The predicted octanol–water partition coefficient (Wildman–Crippen LogP) is 3.32. The van der Waals surface area contributed by atoms with Crippen LogP contribution in [0.25, 0.3) is 0 Å². The molecule has 1 amide bonds. The second kappa shape index (κ2) is 9.59. The first-order valence-electron chi connectivity index (χ1n) is 12.1. The SMILES string of the molecule is CN1CCN(c2cccnc2C[C@@H]2CCN(c3ccc(C4CCOCC4)cc3)C2=O)CC1. The number of rotatable bonds is 5. The molecule has 3 fully saturated rings. The summed E-state index contributed by atoms with van der Waals surface area (Å²) in [6, 6.07) is 12.8. The zero-order valence-corrected chi connectivity index (χ0v) is 19.1. The Morgan fingerprint density at radius 2 is 1.72 bits per heavy atom. The molecule has 2 aromatic rings. The molecule has 6 nitrogen and oxygen atoms in total. The van der Waals surface area contributed by atoms with Crippen LogP contribution in [0.15, 0.2) is 42.6 Å². The van der Waals surface area contributed by atoms with Crippen LogP contribution in [0, 0.1) is 5.92 Å². The number of aromatic nitrogens is 1. The van der Waals surface area contributed by atoms with E-state index in [1.807, 2.05) is 17.2 Å². The molecule has 4 heterocycles. The van der Waals surface area contributed by atoms with Crippen LogP contribution >= 0.6 is 0 Å². The van der Waals surface area contributed by atoms with Crippen molar-refractivity contribution in [3.8, 4) is 0 Å². The van der Waals surface area contributed by atoms with E-state index in [2.05, 4.69) is 47.2 Å². The van der Waals surface area contributed by atoms with Crippen LogP contribution in [0.4, 0.5) is 11.4 Å². The van der Waals surface area contributed by atoms with E-state index in [-0.39, 0.29) is 11.8 Å². The fourth-order valence-corrected chi connectivity index (χ4v) is 5.30. The smallest absolute Gasteiger partial charge is 0.230 e. The first-order chi connectivity index (χ1) is 15.7. The van der Waals surface area contributed by atoms with Crippen molar-refractivity contribution in [1.29, 1.82) is 0 Å². The van der Waals surface area contributed by atoms with Crippen LogP contribution in [0.2, 0.25) is 0 Å². The van der Waals surface area contributed by atoms with Crippen LogP contribution in [-0.4, -0.2) is 68.8 Å². The van der Waals surface area contributed by atoms with Gasteiger partial charge in [-0.15, -0.1) is 0 Å². The van der Waals surface area contributed by atoms with Gasteiger partial charge >= 0.3 is 0 Å². The molecule has 5 rings (SSSR count). The molecular formula is C26H34N4O2. The van der Waals surface area contributed by atoms with E-state index >= 15 is 0 Å². The molecule has 3 aliphatic rings. The number of benzene rings is 1. The molecule has 32 heavy (non-hydrogen) atoms. The molecule has 1 aromatic carbocycles. The zero-order chi connectivity index (χ0) is 21.9. The number of amides is 1. The van der Waals surface area contributed by atoms with Gasteiger partial charge in [-0.1, -0.05) is 12.1 Å². The van der Waals surface area contributed by atoms with E-state index in [1.165, 1.54) is 11.3 Å². The summed E-state index contributed by atoms with van der Waals surface area (Å²) in [6.07, 6.45) is 5.64. The third kappa shape index (κ3) is 4.52. The summed E-state index contributed by atoms with van der Waals surface area (Å²) in [7, 11) is 2.17. The lowest BCUT2D eigenvalue weighted by atomic mass is 9.91. The summed E-state index contributed by atoms with van der Waals surface area (Å²) in [5.74, 6) is 0.821. The van der Waals surface area contributed by atoms with Gasteiger partial charge in [0.2, 0.25) is 5.91 Å². The van der Waals surface area contributed by atoms with E-state index < -0.39 is 0 Å². The Balaban J connectivity index is 1.25. The van der Waals surface area contributed by atoms with Gasteiger partial charge in [-0.05, 0) is 62.1 Å². The number of likely N-dealkylation sites (N-methyl/N-ethyl adjacent to an activating group) is 1. The summed E-state index contributed by atoms with van der Waals surface area (Å²) in [5, 5.41) is 0. The molecule has 0 bridgehead atoms. The molecule has 0 saturated carbocycles. The highest BCUT2D eigenvalue weighted by molar-refractivity contribution is 5.97. The second-order valence-electron chi connectivity index (χ2n) is 9.42. The van der Waals surface area contributed by atoms with E-state index in [1.54, 1.807) is 0 Å². The minimum Gasteiger partial charge on any atom is -0.381 e. The number of pyridine rings is 1. The molecule has 0 spiro atoms. The van der Waals surface area contributed by atoms with Gasteiger partial charge in [-0.2, -0.15) is 0 Å². The maximum absolute atomic E-state index is 13.3. The Bertz CT molecular complexity index is 918. The third-order valence-corrected chi connectivity index (χ3v) is 7.36. The minimum absolute atomic E-state index is 0.00582. The average molecular weight is 435 g/mol. The molecule has 1 atom stereocenters. The van der Waals surface area contributed by atoms with Gasteiger partial charge in [0.1, 0.15) is 0 Å². The summed E-state index contributed by atoms with van der Waals surface area (Å²) < 4.78 is 5.49. The van der Waals surface area contributed by atoms with Gasteiger partial charge in [-0.25, -0.2) is 0 Å². The number of piperazine rings is 1. The van der Waals surface area contributed by atoms with Crippen LogP contribution in [0.3, 0.4) is 0 Å². The average Bonchev–Trinajstić information content (AvgIpc) is 3.20. The standard InChI is InChI=1S/C26H34N4O2/c1-28-13-15-29(16-14-28)25-3-2-11-27-24(25)19-22-8-12-30(26(22)31)23-6-4-20(5-7-23)21-9-17-32-18-10-21/h2-7,11,21-22H,8-10,12-19H2,1H3/t22-/m0/s1. The summed E-state index contributed by atoms with van der Waals surface area (Å²) in [4.78, 5) is 24.7. The number of ether oxygens (including phenoxy) is 1. The van der Waals surface area contributed by atoms with Crippen LogP contribution in [0.5, 0.6) is 0 Å². The Kier molecular flexibility index (Phi) is 6.42. The lowest BCUT2D eigenvalue weighted by Gasteiger charge is -2.35. The number of carbonyl (C=O) groups is 1. The number of anilines is 2. The second-order valence-corrected chi connectivity index (χ2v) is 9.42. The van der Waals surface area contributed by atoms with E-state index in [9.17, 15) is 4.79 Å². The molecule has 6 heteroatoms. The molecule has 0 unspecified atom stereocenters. The highest BCUT2D eigenvalue weighted by atomic mass is 16.5. The van der Waals surface area contributed by atoms with Crippen molar-refractivity contribution in [3.63, 3.8) is 0 Å². The summed E-state index contributed by atoms with van der Waals surface area (Å²) >= 11 is 0. The van der Waals surface area contributed by atoms with Gasteiger partial charge in [0.15, 0.2) is 0 Å². The number of carbonyl (C=O) groups excluding carboxylic acids is 1. The number of hydrogen-bond donors (Lipinski definition) is 0. The Morgan fingerprint density at radius 3 is 2.47 bits per heavy atom. The molecule has 1 aromatic heterocycles. The fourth-order valence-electron chi connectivity index (χ4n) is 5.30. The zero-order valence-electron chi connectivity index (χ0n) is 19.1. The van der Waals surface area contributed by atoms with Crippen LogP contribution in [-0.2, 0) is 16.0 Å². The quantitative estimate of drug-likeness (QED) is 0.723. The van der Waals surface area contributed by atoms with Gasteiger partial charge in [-0.3, -0.25) is 9.78 Å². The number of nitrogens with zero attached hydrogens (tertiary/aromatic N) is 4. The summed E-state index contributed by atoms with van der Waals surface area (Å²) in [5.41, 5.74) is 4.65. The Hall–Kier alpha value is -2.44. The van der Waals surface area contributed by atoms with Gasteiger partial charge in [0.25, 0.3) is 0 Å². The van der Waals surface area contributed by atoms with E-state index in [4.69, 9.17) is 9.72 Å². The van der Waals surface area contributed by atoms with Crippen molar-refractivity contribution < 1.29 is 9.53 Å². The maximum Gasteiger partial charge on any atom is 0.230 e. The summed E-state index contributed by atoms with van der Waals surface area (Å²) in [6.45, 7) is 6.64. The first kappa shape index (κ1) is 21.4. The fraction of sp³-hybridized carbons (Fsp3) is 0.538. The highest BCUT2D eigenvalue weighted by Gasteiger charge is 2.34. The lowest BCUT2D eigenvalue weighted by Crippen LogP contribution is -2.45. The minimum atomic E-state index is 0.00582.